The van der Waals surface area contributed by atoms with Gasteiger partial charge in [0, 0.05) is 18.0 Å². The Labute approximate surface area is 125 Å². The predicted octanol–water partition coefficient (Wildman–Crippen LogP) is 4.44. The Hall–Kier alpha value is -1.21. The van der Waals surface area contributed by atoms with Gasteiger partial charge in [0.2, 0.25) is 0 Å². The molecule has 0 aromatic heterocycles. The summed E-state index contributed by atoms with van der Waals surface area (Å²) in [5, 5.41) is 9.13. The molecule has 1 aromatic rings. The van der Waals surface area contributed by atoms with Crippen molar-refractivity contribution < 1.29 is 4.39 Å². The molecule has 0 unspecified atom stereocenters. The number of piperidine rings is 1. The maximum absolute atomic E-state index is 14.2. The van der Waals surface area contributed by atoms with Crippen LogP contribution in [-0.2, 0) is 0 Å². The second-order valence-electron chi connectivity index (χ2n) is 5.43. The van der Waals surface area contributed by atoms with E-state index in [1.54, 1.807) is 11.8 Å². The van der Waals surface area contributed by atoms with Crippen molar-refractivity contribution in [1.29, 1.82) is 5.26 Å². The van der Waals surface area contributed by atoms with E-state index in [9.17, 15) is 4.39 Å². The fraction of sp³-hybridized carbons (Fsp3) is 0.562. The van der Waals surface area contributed by atoms with Crippen molar-refractivity contribution >= 4 is 17.4 Å². The third-order valence-electron chi connectivity index (χ3n) is 3.76. The Morgan fingerprint density at radius 1 is 1.40 bits per heavy atom. The van der Waals surface area contributed by atoms with Crippen molar-refractivity contribution in [3.05, 3.63) is 23.5 Å². The van der Waals surface area contributed by atoms with Gasteiger partial charge in [-0.05, 0) is 43.1 Å². The summed E-state index contributed by atoms with van der Waals surface area (Å²) in [7, 11) is 0. The average molecular weight is 292 g/mol. The van der Waals surface area contributed by atoms with Crippen LogP contribution in [0.1, 0.15) is 38.7 Å². The Kier molecular flexibility index (Phi) is 5.31. The zero-order chi connectivity index (χ0) is 14.5. The van der Waals surface area contributed by atoms with Crippen molar-refractivity contribution in [3.8, 4) is 6.07 Å². The fourth-order valence-corrected chi connectivity index (χ4v) is 3.33. The summed E-state index contributed by atoms with van der Waals surface area (Å²) in [4.78, 5) is 3.02. The second-order valence-corrected chi connectivity index (χ2v) is 6.57. The van der Waals surface area contributed by atoms with Gasteiger partial charge in [0.15, 0.2) is 0 Å². The van der Waals surface area contributed by atoms with Crippen molar-refractivity contribution in [1.82, 2.24) is 0 Å². The summed E-state index contributed by atoms with van der Waals surface area (Å²) >= 11 is 1.64. The molecule has 0 atom stereocenters. The molecule has 108 valence electrons. The molecule has 2 nitrogen and oxygen atoms in total. The molecule has 1 saturated heterocycles. The Bertz CT molecular complexity index is 502. The largest absolute Gasteiger partial charge is 0.369 e. The maximum Gasteiger partial charge on any atom is 0.147 e. The smallest absolute Gasteiger partial charge is 0.147 e. The minimum absolute atomic E-state index is 0.267. The third-order valence-corrected chi connectivity index (χ3v) is 5.02. The molecule has 1 aromatic carbocycles. The molecule has 0 spiro atoms. The van der Waals surface area contributed by atoms with Crippen LogP contribution >= 0.6 is 11.8 Å². The summed E-state index contributed by atoms with van der Waals surface area (Å²) in [5.41, 5.74) is 1.12. The van der Waals surface area contributed by atoms with E-state index >= 15 is 0 Å². The number of anilines is 1. The predicted molar refractivity (Wildman–Crippen MR) is 82.7 cm³/mol. The van der Waals surface area contributed by atoms with Gasteiger partial charge in [0.25, 0.3) is 0 Å². The first-order valence-corrected chi connectivity index (χ1v) is 8.25. The maximum atomic E-state index is 14.2. The number of halogens is 1. The highest BCUT2D eigenvalue weighted by molar-refractivity contribution is 7.99. The molecule has 0 bridgehead atoms. The van der Waals surface area contributed by atoms with Gasteiger partial charge >= 0.3 is 0 Å². The normalized spacial score (nSPS) is 16.2. The van der Waals surface area contributed by atoms with Crippen molar-refractivity contribution in [2.75, 3.05) is 23.7 Å². The molecule has 20 heavy (non-hydrogen) atoms. The highest BCUT2D eigenvalue weighted by Gasteiger charge is 2.20. The lowest BCUT2D eigenvalue weighted by Crippen LogP contribution is -2.33. The van der Waals surface area contributed by atoms with E-state index in [4.69, 9.17) is 5.26 Å². The molecule has 1 aliphatic heterocycles. The van der Waals surface area contributed by atoms with E-state index in [-0.39, 0.29) is 5.82 Å². The summed E-state index contributed by atoms with van der Waals surface area (Å²) in [6.07, 6.45) is 3.26. The van der Waals surface area contributed by atoms with Crippen LogP contribution in [-0.4, -0.2) is 18.8 Å². The molecule has 2 rings (SSSR count). The number of nitriles is 1. The van der Waals surface area contributed by atoms with Gasteiger partial charge in [0.1, 0.15) is 11.9 Å². The first-order chi connectivity index (χ1) is 9.65. The summed E-state index contributed by atoms with van der Waals surface area (Å²) in [6, 6.07) is 5.36. The highest BCUT2D eigenvalue weighted by Crippen LogP contribution is 2.32. The van der Waals surface area contributed by atoms with E-state index in [2.05, 4.69) is 24.8 Å². The Morgan fingerprint density at radius 2 is 2.10 bits per heavy atom. The molecule has 1 heterocycles. The van der Waals surface area contributed by atoms with Crippen LogP contribution in [0.15, 0.2) is 17.0 Å². The molecule has 0 radical (unpaired) electrons. The molecule has 1 fully saturated rings. The van der Waals surface area contributed by atoms with Crippen molar-refractivity contribution in [2.24, 2.45) is 5.92 Å². The standard InChI is InChI=1S/C16H21FN2S/c1-3-8-20-16-10-15(14(17)9-13(16)11-18)19-6-4-12(2)5-7-19/h9-10,12H,3-8H2,1-2H3. The van der Waals surface area contributed by atoms with E-state index in [0.717, 1.165) is 48.9 Å². The molecular formula is C16H21FN2S. The van der Waals surface area contributed by atoms with Gasteiger partial charge in [-0.25, -0.2) is 4.39 Å². The van der Waals surface area contributed by atoms with Crippen LogP contribution in [0.4, 0.5) is 10.1 Å². The summed E-state index contributed by atoms with van der Waals surface area (Å²) in [6.45, 7) is 6.16. The lowest BCUT2D eigenvalue weighted by molar-refractivity contribution is 0.434. The Morgan fingerprint density at radius 3 is 2.70 bits per heavy atom. The lowest BCUT2D eigenvalue weighted by Gasteiger charge is -2.32. The van der Waals surface area contributed by atoms with Crippen LogP contribution < -0.4 is 4.90 Å². The van der Waals surface area contributed by atoms with Gasteiger partial charge in [-0.15, -0.1) is 11.8 Å². The first-order valence-electron chi connectivity index (χ1n) is 7.27. The molecular weight excluding hydrogens is 271 g/mol. The molecule has 0 N–H and O–H groups in total. The lowest BCUT2D eigenvalue weighted by atomic mass is 9.98. The summed E-state index contributed by atoms with van der Waals surface area (Å²) in [5.74, 6) is 1.41. The molecule has 0 aliphatic carbocycles. The first kappa shape index (κ1) is 15.2. The highest BCUT2D eigenvalue weighted by atomic mass is 32.2. The number of benzene rings is 1. The SMILES string of the molecule is CCCSc1cc(N2CCC(C)CC2)c(F)cc1C#N. The number of rotatable bonds is 4. The number of hydrogen-bond donors (Lipinski definition) is 0. The fourth-order valence-electron chi connectivity index (χ4n) is 2.45. The summed E-state index contributed by atoms with van der Waals surface area (Å²) < 4.78 is 14.2. The molecule has 4 heteroatoms. The zero-order valence-corrected chi connectivity index (χ0v) is 13.0. The van der Waals surface area contributed by atoms with Gasteiger partial charge in [-0.1, -0.05) is 13.8 Å². The number of thioether (sulfide) groups is 1. The van der Waals surface area contributed by atoms with Gasteiger partial charge in [0.05, 0.1) is 11.3 Å². The minimum atomic E-state index is -0.267. The van der Waals surface area contributed by atoms with Crippen LogP contribution in [0.2, 0.25) is 0 Å². The monoisotopic (exact) mass is 292 g/mol. The molecule has 0 saturated carbocycles. The van der Waals surface area contributed by atoms with Crippen LogP contribution in [0, 0.1) is 23.1 Å². The third kappa shape index (κ3) is 3.46. The van der Waals surface area contributed by atoms with E-state index in [1.807, 2.05) is 6.07 Å². The van der Waals surface area contributed by atoms with E-state index < -0.39 is 0 Å². The van der Waals surface area contributed by atoms with Crippen molar-refractivity contribution in [3.63, 3.8) is 0 Å². The Balaban J connectivity index is 2.26. The zero-order valence-electron chi connectivity index (χ0n) is 12.2. The number of nitrogens with zero attached hydrogens (tertiary/aromatic N) is 2. The topological polar surface area (TPSA) is 27.0 Å². The van der Waals surface area contributed by atoms with E-state index in [1.165, 1.54) is 6.07 Å². The molecule has 1 aliphatic rings. The van der Waals surface area contributed by atoms with Crippen LogP contribution in [0.5, 0.6) is 0 Å². The van der Waals surface area contributed by atoms with Crippen LogP contribution in [0.25, 0.3) is 0 Å². The molecule has 0 amide bonds. The minimum Gasteiger partial charge on any atom is -0.369 e. The van der Waals surface area contributed by atoms with Gasteiger partial charge in [-0.2, -0.15) is 5.26 Å². The van der Waals surface area contributed by atoms with E-state index in [0.29, 0.717) is 11.3 Å². The quantitative estimate of drug-likeness (QED) is 0.768. The van der Waals surface area contributed by atoms with Crippen molar-refractivity contribution in [2.45, 2.75) is 38.0 Å². The average Bonchev–Trinajstić information content (AvgIpc) is 2.46. The van der Waals surface area contributed by atoms with Gasteiger partial charge in [-0.3, -0.25) is 0 Å². The number of hydrogen-bond acceptors (Lipinski definition) is 3. The second kappa shape index (κ2) is 6.99. The van der Waals surface area contributed by atoms with Crippen LogP contribution in [0.3, 0.4) is 0 Å². The van der Waals surface area contributed by atoms with Gasteiger partial charge < -0.3 is 4.90 Å².